The number of likely N-dealkylation sites (tertiary alicyclic amines) is 1. The molecule has 1 atom stereocenters. The van der Waals surface area contributed by atoms with Gasteiger partial charge >= 0.3 is 12.2 Å². The van der Waals surface area contributed by atoms with Crippen LogP contribution in [0.2, 0.25) is 0 Å². The van der Waals surface area contributed by atoms with E-state index >= 15 is 0 Å². The molecule has 1 aromatic heterocycles. The number of halogens is 3. The highest BCUT2D eigenvalue weighted by Gasteiger charge is 2.44. The monoisotopic (exact) mass is 534 g/mol. The lowest BCUT2D eigenvalue weighted by molar-refractivity contribution is -0.169. The summed E-state index contributed by atoms with van der Waals surface area (Å²) < 4.78 is 56.4. The molecule has 0 unspecified atom stereocenters. The number of pyridine rings is 1. The van der Waals surface area contributed by atoms with Gasteiger partial charge in [0, 0.05) is 56.5 Å². The predicted octanol–water partition coefficient (Wildman–Crippen LogP) is 4.87. The van der Waals surface area contributed by atoms with Crippen molar-refractivity contribution in [3.63, 3.8) is 0 Å². The normalized spacial score (nSPS) is 21.0. The first-order valence-electron chi connectivity index (χ1n) is 13.1. The van der Waals surface area contributed by atoms with E-state index in [4.69, 9.17) is 19.2 Å². The van der Waals surface area contributed by atoms with Crippen LogP contribution in [0.15, 0.2) is 30.5 Å². The number of aryl methyl sites for hydroxylation is 1. The Morgan fingerprint density at radius 2 is 1.79 bits per heavy atom. The Morgan fingerprint density at radius 3 is 2.50 bits per heavy atom. The number of rotatable bonds is 5. The Labute approximate surface area is 220 Å². The van der Waals surface area contributed by atoms with E-state index in [-0.39, 0.29) is 25.6 Å². The summed E-state index contributed by atoms with van der Waals surface area (Å²) in [5.74, 6) is -0.897. The fraction of sp³-hybridized carbons (Fsp3) is 0.556. The number of anilines is 2. The summed E-state index contributed by atoms with van der Waals surface area (Å²) in [4.78, 5) is 20.8. The molecule has 3 aliphatic heterocycles. The number of hydrogen-bond donors (Lipinski definition) is 1. The van der Waals surface area contributed by atoms with Crippen LogP contribution in [0.3, 0.4) is 0 Å². The van der Waals surface area contributed by atoms with E-state index in [1.807, 2.05) is 19.1 Å². The molecule has 206 valence electrons. The molecular formula is C27H33F3N4O4. The number of carbonyl (C=O) groups is 1. The predicted molar refractivity (Wildman–Crippen MR) is 137 cm³/mol. The molecule has 3 saturated heterocycles. The minimum atomic E-state index is -4.29. The van der Waals surface area contributed by atoms with Crippen LogP contribution in [0.1, 0.15) is 24.8 Å². The van der Waals surface area contributed by atoms with Gasteiger partial charge < -0.3 is 29.3 Å². The molecule has 0 bridgehead atoms. The summed E-state index contributed by atoms with van der Waals surface area (Å²) >= 11 is 0. The lowest BCUT2D eigenvalue weighted by atomic mass is 10.0. The first-order chi connectivity index (χ1) is 18.3. The number of nitrogens with one attached hydrogen (secondary N) is 1. The summed E-state index contributed by atoms with van der Waals surface area (Å²) in [5.41, 5.74) is 4.12. The molecule has 0 saturated carbocycles. The van der Waals surface area contributed by atoms with Gasteiger partial charge in [0.25, 0.3) is 0 Å². The summed E-state index contributed by atoms with van der Waals surface area (Å²) in [6, 6.07) is 7.00. The van der Waals surface area contributed by atoms with Crippen LogP contribution in [-0.4, -0.2) is 80.8 Å². The fourth-order valence-corrected chi connectivity index (χ4v) is 5.09. The summed E-state index contributed by atoms with van der Waals surface area (Å²) in [5, 5.41) is 2.77. The maximum Gasteiger partial charge on any atom is 0.393 e. The molecule has 0 aliphatic carbocycles. The third kappa shape index (κ3) is 6.15. The van der Waals surface area contributed by atoms with Gasteiger partial charge in [0.2, 0.25) is 5.88 Å². The van der Waals surface area contributed by atoms with Gasteiger partial charge in [-0.2, -0.15) is 13.2 Å². The second kappa shape index (κ2) is 11.4. The molecule has 8 nitrogen and oxygen atoms in total. The number of nitrogens with zero attached hydrogens (tertiary/aromatic N) is 3. The van der Waals surface area contributed by atoms with Gasteiger partial charge in [-0.3, -0.25) is 0 Å². The van der Waals surface area contributed by atoms with Crippen LogP contribution in [0, 0.1) is 12.8 Å². The SMILES string of the molecule is Cc1ccc(NC(=O)N2CC[C@@H](C(F)(F)F)C2)cc1-c1cnc(OC2CCOCC2)c(N2CCOCC2)c1. The quantitative estimate of drug-likeness (QED) is 0.590. The minimum absolute atomic E-state index is 0.0460. The lowest BCUT2D eigenvalue weighted by Gasteiger charge is -2.31. The van der Waals surface area contributed by atoms with Crippen LogP contribution in [0.25, 0.3) is 11.1 Å². The van der Waals surface area contributed by atoms with Crippen molar-refractivity contribution in [1.29, 1.82) is 0 Å². The van der Waals surface area contributed by atoms with Gasteiger partial charge in [0.1, 0.15) is 11.8 Å². The van der Waals surface area contributed by atoms with E-state index < -0.39 is 18.1 Å². The number of urea groups is 1. The molecule has 4 heterocycles. The molecule has 0 spiro atoms. The van der Waals surface area contributed by atoms with Crippen LogP contribution in [-0.2, 0) is 9.47 Å². The van der Waals surface area contributed by atoms with E-state index in [0.717, 1.165) is 48.3 Å². The van der Waals surface area contributed by atoms with Gasteiger partial charge in [-0.15, -0.1) is 0 Å². The van der Waals surface area contributed by atoms with Crippen molar-refractivity contribution < 1.29 is 32.2 Å². The van der Waals surface area contributed by atoms with Crippen molar-refractivity contribution in [3.05, 3.63) is 36.0 Å². The maximum absolute atomic E-state index is 13.0. The van der Waals surface area contributed by atoms with Crippen LogP contribution >= 0.6 is 0 Å². The molecule has 3 aliphatic rings. The number of morpholine rings is 1. The van der Waals surface area contributed by atoms with Gasteiger partial charge in [-0.1, -0.05) is 6.07 Å². The zero-order valence-corrected chi connectivity index (χ0v) is 21.4. The van der Waals surface area contributed by atoms with Crippen molar-refractivity contribution in [3.8, 4) is 17.0 Å². The third-order valence-electron chi connectivity index (χ3n) is 7.37. The lowest BCUT2D eigenvalue weighted by Crippen LogP contribution is -2.37. The summed E-state index contributed by atoms with van der Waals surface area (Å²) in [6.45, 7) is 5.74. The smallest absolute Gasteiger partial charge is 0.393 e. The Balaban J connectivity index is 1.37. The molecule has 1 N–H and O–H groups in total. The van der Waals surface area contributed by atoms with E-state index in [0.29, 0.717) is 38.0 Å². The molecule has 5 rings (SSSR count). The Morgan fingerprint density at radius 1 is 1.05 bits per heavy atom. The molecule has 2 aromatic rings. The van der Waals surface area contributed by atoms with Crippen LogP contribution in [0.5, 0.6) is 5.88 Å². The van der Waals surface area contributed by atoms with Crippen molar-refractivity contribution in [2.45, 2.75) is 38.5 Å². The second-order valence-electron chi connectivity index (χ2n) is 10.0. The first-order valence-corrected chi connectivity index (χ1v) is 13.1. The fourth-order valence-electron chi connectivity index (χ4n) is 5.09. The molecule has 0 radical (unpaired) electrons. The molecular weight excluding hydrogens is 501 g/mol. The van der Waals surface area contributed by atoms with Crippen LogP contribution < -0.4 is 15.0 Å². The van der Waals surface area contributed by atoms with Crippen molar-refractivity contribution in [2.75, 3.05) is 62.8 Å². The highest BCUT2D eigenvalue weighted by atomic mass is 19.4. The van der Waals surface area contributed by atoms with Crippen LogP contribution in [0.4, 0.5) is 29.3 Å². The average molecular weight is 535 g/mol. The highest BCUT2D eigenvalue weighted by molar-refractivity contribution is 5.90. The number of ether oxygens (including phenoxy) is 3. The Hall–Kier alpha value is -3.05. The standard InChI is InChI=1S/C27H33F3N4O4/c1-18-2-3-21(32-26(35)34-7-4-20(17-34)27(28,29)30)15-23(18)19-14-24(33-8-12-37-13-9-33)25(31-16-19)38-22-5-10-36-11-6-22/h2-3,14-16,20,22H,4-13,17H2,1H3,(H,32,35)/t20-/m1/s1. The second-order valence-corrected chi connectivity index (χ2v) is 10.0. The highest BCUT2D eigenvalue weighted by Crippen LogP contribution is 2.36. The summed E-state index contributed by atoms with van der Waals surface area (Å²) in [7, 11) is 0. The number of hydrogen-bond acceptors (Lipinski definition) is 6. The molecule has 11 heteroatoms. The number of alkyl halides is 3. The topological polar surface area (TPSA) is 76.2 Å². The largest absolute Gasteiger partial charge is 0.473 e. The van der Waals surface area contributed by atoms with E-state index in [9.17, 15) is 18.0 Å². The van der Waals surface area contributed by atoms with Crippen molar-refractivity contribution >= 4 is 17.4 Å². The Bertz CT molecular complexity index is 1130. The minimum Gasteiger partial charge on any atom is -0.473 e. The maximum atomic E-state index is 13.0. The number of benzene rings is 1. The van der Waals surface area contributed by atoms with E-state index in [2.05, 4.69) is 16.3 Å². The Kier molecular flexibility index (Phi) is 7.94. The zero-order valence-electron chi connectivity index (χ0n) is 21.4. The van der Waals surface area contributed by atoms with Crippen molar-refractivity contribution in [2.24, 2.45) is 5.92 Å². The molecule has 3 fully saturated rings. The summed E-state index contributed by atoms with van der Waals surface area (Å²) in [6.07, 6.45) is -0.932. The van der Waals surface area contributed by atoms with Gasteiger partial charge in [-0.05, 0) is 42.7 Å². The average Bonchev–Trinajstić information content (AvgIpc) is 3.43. The van der Waals surface area contributed by atoms with Gasteiger partial charge in [-0.25, -0.2) is 9.78 Å². The third-order valence-corrected chi connectivity index (χ3v) is 7.37. The number of amides is 2. The van der Waals surface area contributed by atoms with Gasteiger partial charge in [0.05, 0.1) is 32.3 Å². The zero-order chi connectivity index (χ0) is 26.7. The van der Waals surface area contributed by atoms with E-state index in [1.165, 1.54) is 4.90 Å². The molecule has 2 amide bonds. The number of aromatic nitrogens is 1. The molecule has 38 heavy (non-hydrogen) atoms. The van der Waals surface area contributed by atoms with Crippen molar-refractivity contribution in [1.82, 2.24) is 9.88 Å². The van der Waals surface area contributed by atoms with Gasteiger partial charge in [0.15, 0.2) is 0 Å². The van der Waals surface area contributed by atoms with E-state index in [1.54, 1.807) is 12.3 Å². The first kappa shape index (κ1) is 26.6. The molecule has 1 aromatic carbocycles. The number of carbonyl (C=O) groups excluding carboxylic acids is 1.